The molecule has 0 saturated heterocycles. The highest BCUT2D eigenvalue weighted by molar-refractivity contribution is 6.29. The van der Waals surface area contributed by atoms with Crippen LogP contribution in [0.1, 0.15) is 33.1 Å². The monoisotopic (exact) mass is 279 g/mol. The molecule has 0 radical (unpaired) electrons. The van der Waals surface area contributed by atoms with E-state index in [-0.39, 0.29) is 0 Å². The smallest absolute Gasteiger partial charge is 0.255 e. The average molecular weight is 280 g/mol. The first-order chi connectivity index (χ1) is 9.15. The predicted molar refractivity (Wildman–Crippen MR) is 75.6 cm³/mol. The lowest BCUT2D eigenvalue weighted by atomic mass is 10.1. The van der Waals surface area contributed by atoms with Crippen LogP contribution in [-0.2, 0) is 0 Å². The van der Waals surface area contributed by atoms with Crippen LogP contribution >= 0.6 is 11.6 Å². The Hall–Kier alpha value is -1.36. The van der Waals surface area contributed by atoms with Gasteiger partial charge in [0.2, 0.25) is 0 Å². The number of hydrogen-bond acceptors (Lipinski definition) is 4. The third-order valence-electron chi connectivity index (χ3n) is 3.43. The molecule has 102 valence electrons. The topological polar surface area (TPSA) is 46.3 Å². The fourth-order valence-corrected chi connectivity index (χ4v) is 2.41. The van der Waals surface area contributed by atoms with Crippen LogP contribution < -0.4 is 4.90 Å². The summed E-state index contributed by atoms with van der Waals surface area (Å²) in [5, 5.41) is 4.74. The molecular formula is C13H18ClN5. The summed E-state index contributed by atoms with van der Waals surface area (Å²) in [7, 11) is 0. The Kier molecular flexibility index (Phi) is 3.31. The quantitative estimate of drug-likeness (QED) is 0.790. The van der Waals surface area contributed by atoms with Gasteiger partial charge in [0.15, 0.2) is 0 Å². The lowest BCUT2D eigenvalue weighted by Crippen LogP contribution is -2.30. The van der Waals surface area contributed by atoms with Crippen molar-refractivity contribution in [1.82, 2.24) is 19.6 Å². The van der Waals surface area contributed by atoms with Gasteiger partial charge in [0.25, 0.3) is 5.78 Å². The van der Waals surface area contributed by atoms with E-state index >= 15 is 0 Å². The van der Waals surface area contributed by atoms with E-state index in [1.54, 1.807) is 4.52 Å². The van der Waals surface area contributed by atoms with Crippen molar-refractivity contribution in [1.29, 1.82) is 0 Å². The van der Waals surface area contributed by atoms with Gasteiger partial charge in [-0.25, -0.2) is 0 Å². The molecule has 0 amide bonds. The van der Waals surface area contributed by atoms with Gasteiger partial charge in [0.1, 0.15) is 17.3 Å². The van der Waals surface area contributed by atoms with Gasteiger partial charge in [-0.05, 0) is 25.2 Å². The molecule has 1 fully saturated rings. The van der Waals surface area contributed by atoms with E-state index < -0.39 is 0 Å². The van der Waals surface area contributed by atoms with Gasteiger partial charge < -0.3 is 4.90 Å². The Morgan fingerprint density at radius 3 is 2.95 bits per heavy atom. The number of halogens is 1. The van der Waals surface area contributed by atoms with E-state index in [2.05, 4.69) is 33.8 Å². The SMILES string of the molecule is CC(C)CCN(c1cc(Cl)nc2ncnn12)C1CC1. The largest absolute Gasteiger partial charge is 0.353 e. The standard InChI is InChI=1S/C13H18ClN5/c1-9(2)5-6-18(10-3-4-10)12-7-11(14)17-13-15-8-16-19(12)13/h7-10H,3-6H2,1-2H3. The highest BCUT2D eigenvalue weighted by atomic mass is 35.5. The van der Waals surface area contributed by atoms with Crippen LogP contribution in [0, 0.1) is 5.92 Å². The Bertz CT molecular complexity index is 575. The van der Waals surface area contributed by atoms with Crippen LogP contribution in [0.3, 0.4) is 0 Å². The van der Waals surface area contributed by atoms with Crippen molar-refractivity contribution in [2.45, 2.75) is 39.2 Å². The summed E-state index contributed by atoms with van der Waals surface area (Å²) in [4.78, 5) is 10.7. The normalized spacial score (nSPS) is 15.4. The van der Waals surface area contributed by atoms with Crippen molar-refractivity contribution >= 4 is 23.2 Å². The maximum atomic E-state index is 6.09. The molecule has 1 saturated carbocycles. The lowest BCUT2D eigenvalue weighted by Gasteiger charge is -2.25. The second kappa shape index (κ2) is 4.96. The van der Waals surface area contributed by atoms with E-state index in [1.165, 1.54) is 19.2 Å². The average Bonchev–Trinajstić information content (AvgIpc) is 3.07. The van der Waals surface area contributed by atoms with Gasteiger partial charge in [0, 0.05) is 18.7 Å². The number of aromatic nitrogens is 4. The second-order valence-corrected chi connectivity index (χ2v) is 5.90. The minimum absolute atomic E-state index is 0.477. The number of hydrogen-bond donors (Lipinski definition) is 0. The molecule has 5 nitrogen and oxygen atoms in total. The van der Waals surface area contributed by atoms with Crippen LogP contribution in [-0.4, -0.2) is 32.2 Å². The third kappa shape index (κ3) is 2.66. The van der Waals surface area contributed by atoms with E-state index in [4.69, 9.17) is 11.6 Å². The molecule has 1 aliphatic rings. The van der Waals surface area contributed by atoms with E-state index in [0.717, 1.165) is 18.8 Å². The van der Waals surface area contributed by atoms with Crippen LogP contribution in [0.5, 0.6) is 0 Å². The van der Waals surface area contributed by atoms with Crippen molar-refractivity contribution in [3.63, 3.8) is 0 Å². The second-order valence-electron chi connectivity index (χ2n) is 5.52. The first kappa shape index (κ1) is 12.7. The molecule has 0 aromatic carbocycles. The van der Waals surface area contributed by atoms with Crippen molar-refractivity contribution in [3.05, 3.63) is 17.5 Å². The minimum Gasteiger partial charge on any atom is -0.353 e. The van der Waals surface area contributed by atoms with E-state index in [1.807, 2.05) is 6.07 Å². The van der Waals surface area contributed by atoms with Crippen molar-refractivity contribution in [2.75, 3.05) is 11.4 Å². The number of anilines is 1. The van der Waals surface area contributed by atoms with Crippen molar-refractivity contribution in [2.24, 2.45) is 5.92 Å². The maximum absolute atomic E-state index is 6.09. The predicted octanol–water partition coefficient (Wildman–Crippen LogP) is 2.79. The van der Waals surface area contributed by atoms with Gasteiger partial charge in [0.05, 0.1) is 0 Å². The van der Waals surface area contributed by atoms with Gasteiger partial charge in [-0.15, -0.1) is 0 Å². The Morgan fingerprint density at radius 2 is 2.26 bits per heavy atom. The zero-order valence-corrected chi connectivity index (χ0v) is 12.0. The molecular weight excluding hydrogens is 262 g/mol. The summed E-state index contributed by atoms with van der Waals surface area (Å²) >= 11 is 6.09. The fourth-order valence-electron chi connectivity index (χ4n) is 2.24. The maximum Gasteiger partial charge on any atom is 0.255 e. The molecule has 19 heavy (non-hydrogen) atoms. The van der Waals surface area contributed by atoms with Crippen LogP contribution in [0.4, 0.5) is 5.82 Å². The Labute approximate surface area is 117 Å². The number of fused-ring (bicyclic) bond motifs is 1. The highest BCUT2D eigenvalue weighted by Crippen LogP contribution is 2.32. The first-order valence-electron chi connectivity index (χ1n) is 6.78. The molecule has 2 heterocycles. The number of nitrogens with zero attached hydrogens (tertiary/aromatic N) is 5. The third-order valence-corrected chi connectivity index (χ3v) is 3.62. The molecule has 0 atom stereocenters. The molecule has 0 spiro atoms. The van der Waals surface area contributed by atoms with Crippen LogP contribution in [0.15, 0.2) is 12.4 Å². The fraction of sp³-hybridized carbons (Fsp3) is 0.615. The lowest BCUT2D eigenvalue weighted by molar-refractivity contribution is 0.566. The molecule has 0 bridgehead atoms. The Balaban J connectivity index is 1.96. The van der Waals surface area contributed by atoms with Crippen molar-refractivity contribution < 1.29 is 0 Å². The summed E-state index contributed by atoms with van der Waals surface area (Å²) < 4.78 is 1.78. The van der Waals surface area contributed by atoms with Crippen LogP contribution in [0.25, 0.3) is 5.78 Å². The summed E-state index contributed by atoms with van der Waals surface area (Å²) in [6.45, 7) is 5.52. The molecule has 3 rings (SSSR count). The molecule has 0 unspecified atom stereocenters. The summed E-state index contributed by atoms with van der Waals surface area (Å²) in [6.07, 6.45) is 5.17. The van der Waals surface area contributed by atoms with Gasteiger partial charge in [-0.1, -0.05) is 25.4 Å². The highest BCUT2D eigenvalue weighted by Gasteiger charge is 2.31. The summed E-state index contributed by atoms with van der Waals surface area (Å²) in [5.74, 6) is 2.26. The molecule has 1 aliphatic carbocycles. The minimum atomic E-state index is 0.477. The van der Waals surface area contributed by atoms with Crippen LogP contribution in [0.2, 0.25) is 5.15 Å². The van der Waals surface area contributed by atoms with Crippen molar-refractivity contribution in [3.8, 4) is 0 Å². The molecule has 2 aromatic rings. The molecule has 2 aromatic heterocycles. The zero-order valence-electron chi connectivity index (χ0n) is 11.3. The molecule has 0 N–H and O–H groups in total. The first-order valence-corrected chi connectivity index (χ1v) is 7.16. The van der Waals surface area contributed by atoms with E-state index in [9.17, 15) is 0 Å². The molecule has 0 aliphatic heterocycles. The Morgan fingerprint density at radius 1 is 1.47 bits per heavy atom. The van der Waals surface area contributed by atoms with Gasteiger partial charge in [-0.2, -0.15) is 19.6 Å². The number of rotatable bonds is 5. The summed E-state index contributed by atoms with van der Waals surface area (Å²) in [5.41, 5.74) is 0. The molecule has 6 heteroatoms. The van der Waals surface area contributed by atoms with E-state index in [0.29, 0.717) is 22.9 Å². The summed E-state index contributed by atoms with van der Waals surface area (Å²) in [6, 6.07) is 2.51. The van der Waals surface area contributed by atoms with Gasteiger partial charge >= 0.3 is 0 Å². The zero-order chi connectivity index (χ0) is 13.4. The van der Waals surface area contributed by atoms with Gasteiger partial charge in [-0.3, -0.25) is 0 Å².